The molecule has 0 radical (unpaired) electrons. The third kappa shape index (κ3) is 5.88. The van der Waals surface area contributed by atoms with Crippen molar-refractivity contribution >= 4 is 46.7 Å². The Labute approximate surface area is 272 Å². The van der Waals surface area contributed by atoms with Gasteiger partial charge in [0.1, 0.15) is 11.4 Å². The Hall–Kier alpha value is -4.38. The molecule has 5 aromatic rings. The minimum Gasteiger partial charge on any atom is -0.495 e. The summed E-state index contributed by atoms with van der Waals surface area (Å²) in [6.07, 6.45) is 5.70. The Kier molecular flexibility index (Phi) is 8.80. The largest absolute Gasteiger partial charge is 0.495 e. The highest BCUT2D eigenvalue weighted by Crippen LogP contribution is 2.33. The number of carbonyl (C=O) groups excluding carboxylic acids is 1. The highest BCUT2D eigenvalue weighted by Gasteiger charge is 2.33. The van der Waals surface area contributed by atoms with Crippen LogP contribution in [0.3, 0.4) is 0 Å². The number of allylic oxidation sites excluding steroid dienone is 1. The molecule has 8 nitrogen and oxygen atoms in total. The molecule has 3 aromatic carbocycles. The van der Waals surface area contributed by atoms with Gasteiger partial charge in [0.25, 0.3) is 5.56 Å². The lowest BCUT2D eigenvalue weighted by molar-refractivity contribution is -0.139. The smallest absolute Gasteiger partial charge is 0.338 e. The van der Waals surface area contributed by atoms with Gasteiger partial charge >= 0.3 is 5.97 Å². The van der Waals surface area contributed by atoms with E-state index < -0.39 is 12.0 Å². The molecule has 0 saturated heterocycles. The van der Waals surface area contributed by atoms with E-state index in [9.17, 15) is 9.59 Å². The number of benzene rings is 3. The number of nitrogens with zero attached hydrogens (tertiary/aromatic N) is 4. The zero-order valence-electron chi connectivity index (χ0n) is 25.0. The summed E-state index contributed by atoms with van der Waals surface area (Å²) < 4.78 is 14.6. The van der Waals surface area contributed by atoms with Gasteiger partial charge in [0.15, 0.2) is 4.80 Å². The predicted molar refractivity (Wildman–Crippen MR) is 179 cm³/mol. The Bertz CT molecular complexity index is 2120. The van der Waals surface area contributed by atoms with E-state index >= 15 is 0 Å². The first kappa shape index (κ1) is 30.6. The summed E-state index contributed by atoms with van der Waals surface area (Å²) in [5.74, 6) is 0.0610. The first-order valence-corrected chi connectivity index (χ1v) is 16.6. The molecule has 3 heterocycles. The molecule has 1 atom stereocenters. The van der Waals surface area contributed by atoms with Gasteiger partial charge in [0, 0.05) is 22.2 Å². The second-order valence-electron chi connectivity index (χ2n) is 10.1. The summed E-state index contributed by atoms with van der Waals surface area (Å²) >= 11 is 9.39. The van der Waals surface area contributed by atoms with Crippen LogP contribution in [0.4, 0.5) is 0 Å². The van der Waals surface area contributed by atoms with E-state index in [2.05, 4.69) is 0 Å². The summed E-state index contributed by atoms with van der Waals surface area (Å²) in [5, 5.41) is 5.34. The third-order valence-electron chi connectivity index (χ3n) is 7.42. The molecular formula is C34H29ClN4O4S2. The molecule has 0 spiro atoms. The number of hydrogen-bond donors (Lipinski definition) is 0. The summed E-state index contributed by atoms with van der Waals surface area (Å²) in [7, 11) is 1.57. The van der Waals surface area contributed by atoms with Gasteiger partial charge in [0.05, 0.1) is 46.3 Å². The highest BCUT2D eigenvalue weighted by molar-refractivity contribution is 7.98. The molecule has 1 unspecified atom stereocenters. The van der Waals surface area contributed by atoms with Crippen LogP contribution in [0.1, 0.15) is 31.0 Å². The van der Waals surface area contributed by atoms with Gasteiger partial charge in [-0.25, -0.2) is 14.5 Å². The van der Waals surface area contributed by atoms with Crippen molar-refractivity contribution in [2.24, 2.45) is 4.99 Å². The Morgan fingerprint density at radius 1 is 1.11 bits per heavy atom. The third-order valence-corrected chi connectivity index (χ3v) is 9.45. The monoisotopic (exact) mass is 656 g/mol. The number of rotatable bonds is 8. The van der Waals surface area contributed by atoms with Crippen LogP contribution in [-0.4, -0.2) is 40.3 Å². The zero-order valence-corrected chi connectivity index (χ0v) is 27.4. The van der Waals surface area contributed by atoms with Crippen molar-refractivity contribution in [3.8, 4) is 22.7 Å². The van der Waals surface area contributed by atoms with Crippen molar-refractivity contribution in [2.75, 3.05) is 20.0 Å². The van der Waals surface area contributed by atoms with Crippen LogP contribution in [0.2, 0.25) is 5.02 Å². The first-order valence-electron chi connectivity index (χ1n) is 14.2. The number of ether oxygens (including phenoxy) is 2. The molecule has 0 bridgehead atoms. The number of thiazole rings is 1. The van der Waals surface area contributed by atoms with Gasteiger partial charge in [0.2, 0.25) is 0 Å². The highest BCUT2D eigenvalue weighted by atomic mass is 35.5. The second kappa shape index (κ2) is 12.9. The minimum atomic E-state index is -0.690. The minimum absolute atomic E-state index is 0.210. The summed E-state index contributed by atoms with van der Waals surface area (Å²) in [5.41, 5.74) is 4.38. The Morgan fingerprint density at radius 3 is 2.53 bits per heavy atom. The summed E-state index contributed by atoms with van der Waals surface area (Å²) in [6.45, 7) is 3.75. The molecule has 0 saturated carbocycles. The maximum absolute atomic E-state index is 14.3. The molecule has 2 aromatic heterocycles. The molecule has 1 aliphatic rings. The molecule has 6 rings (SSSR count). The maximum Gasteiger partial charge on any atom is 0.338 e. The number of thioether (sulfide) groups is 1. The topological polar surface area (TPSA) is 87.7 Å². The van der Waals surface area contributed by atoms with Gasteiger partial charge in [-0.05, 0) is 74.2 Å². The SMILES string of the molecule is CCOC(=O)C1=C(C)N=c2sc(=Cc3cn(-c4ccccc4)nc3-c3ccc(OC)c(Cl)c3)c(=O)n2C1c1ccc(SC)cc1. The standard InChI is InChI=1S/C34H29ClN4O4S2/c1-5-43-33(41)29-20(2)36-34-39(31(29)21-11-14-25(44-4)15-12-21)32(40)28(45-34)18-23-19-38(24-9-7-6-8-10-24)37-30(23)22-13-16-27(42-3)26(35)17-22/h6-19,31H,5H2,1-4H3. The molecule has 1 aliphatic heterocycles. The van der Waals surface area contributed by atoms with Crippen LogP contribution in [0.15, 0.2) is 105 Å². The number of hydrogen-bond acceptors (Lipinski definition) is 8. The van der Waals surface area contributed by atoms with Gasteiger partial charge in [-0.1, -0.05) is 53.3 Å². The average Bonchev–Trinajstić information content (AvgIpc) is 3.61. The van der Waals surface area contributed by atoms with Crippen molar-refractivity contribution < 1.29 is 14.3 Å². The van der Waals surface area contributed by atoms with E-state index in [-0.39, 0.29) is 12.2 Å². The van der Waals surface area contributed by atoms with Crippen LogP contribution in [0, 0.1) is 0 Å². The van der Waals surface area contributed by atoms with E-state index in [0.29, 0.717) is 42.6 Å². The number of esters is 1. The van der Waals surface area contributed by atoms with E-state index in [1.54, 1.807) is 54.1 Å². The number of aromatic nitrogens is 3. The van der Waals surface area contributed by atoms with Gasteiger partial charge in [-0.15, -0.1) is 11.8 Å². The number of carbonyl (C=O) groups is 1. The molecule has 0 N–H and O–H groups in total. The van der Waals surface area contributed by atoms with Crippen LogP contribution in [0.25, 0.3) is 23.0 Å². The van der Waals surface area contributed by atoms with E-state index in [4.69, 9.17) is 31.2 Å². The fraction of sp³-hybridized carbons (Fsp3) is 0.176. The van der Waals surface area contributed by atoms with Crippen molar-refractivity contribution in [1.82, 2.24) is 14.3 Å². The van der Waals surface area contributed by atoms with Crippen molar-refractivity contribution in [3.63, 3.8) is 0 Å². The predicted octanol–water partition coefficient (Wildman–Crippen LogP) is 6.03. The lowest BCUT2D eigenvalue weighted by atomic mass is 9.96. The lowest BCUT2D eigenvalue weighted by Gasteiger charge is -2.24. The van der Waals surface area contributed by atoms with Crippen molar-refractivity contribution in [3.05, 3.63) is 126 Å². The van der Waals surface area contributed by atoms with Gasteiger partial charge < -0.3 is 9.47 Å². The molecule has 0 aliphatic carbocycles. The molecule has 11 heteroatoms. The fourth-order valence-corrected chi connectivity index (χ4v) is 6.98. The van der Waals surface area contributed by atoms with Crippen LogP contribution < -0.4 is 19.6 Å². The Balaban J connectivity index is 1.55. The van der Waals surface area contributed by atoms with Crippen molar-refractivity contribution in [1.29, 1.82) is 0 Å². The molecule has 228 valence electrons. The maximum atomic E-state index is 14.3. The van der Waals surface area contributed by atoms with Crippen molar-refractivity contribution in [2.45, 2.75) is 24.8 Å². The summed E-state index contributed by atoms with van der Waals surface area (Å²) in [6, 6.07) is 22.4. The molecule has 45 heavy (non-hydrogen) atoms. The first-order chi connectivity index (χ1) is 21.8. The number of para-hydroxylation sites is 1. The van der Waals surface area contributed by atoms with Gasteiger partial charge in [-0.2, -0.15) is 5.10 Å². The lowest BCUT2D eigenvalue weighted by Crippen LogP contribution is -2.39. The van der Waals surface area contributed by atoms with E-state index in [1.165, 1.54) is 11.3 Å². The molecule has 0 amide bonds. The Morgan fingerprint density at radius 2 is 1.87 bits per heavy atom. The summed E-state index contributed by atoms with van der Waals surface area (Å²) in [4.78, 5) is 33.8. The number of halogens is 1. The molecular weight excluding hydrogens is 628 g/mol. The zero-order chi connectivity index (χ0) is 31.7. The number of methoxy groups -OCH3 is 1. The quantitative estimate of drug-likeness (QED) is 0.150. The van der Waals surface area contributed by atoms with Crippen LogP contribution in [-0.2, 0) is 9.53 Å². The fourth-order valence-electron chi connectivity index (χ4n) is 5.28. The van der Waals surface area contributed by atoms with E-state index in [0.717, 1.165) is 21.7 Å². The molecule has 0 fully saturated rings. The second-order valence-corrected chi connectivity index (χ2v) is 12.4. The van der Waals surface area contributed by atoms with Crippen LogP contribution in [0.5, 0.6) is 5.75 Å². The van der Waals surface area contributed by atoms with Crippen LogP contribution >= 0.6 is 34.7 Å². The number of fused-ring (bicyclic) bond motifs is 1. The normalized spacial score (nSPS) is 14.7. The van der Waals surface area contributed by atoms with Gasteiger partial charge in [-0.3, -0.25) is 9.36 Å². The average molecular weight is 657 g/mol. The van der Waals surface area contributed by atoms with E-state index in [1.807, 2.05) is 79.2 Å².